The monoisotopic (exact) mass is 618 g/mol. The van der Waals surface area contributed by atoms with Crippen molar-refractivity contribution in [2.24, 2.45) is 0 Å². The highest BCUT2D eigenvalue weighted by Crippen LogP contribution is 2.36. The highest BCUT2D eigenvalue weighted by atomic mass is 32.1. The van der Waals surface area contributed by atoms with E-state index in [0.29, 0.717) is 36.2 Å². The molecule has 0 aliphatic carbocycles. The van der Waals surface area contributed by atoms with E-state index in [0.717, 1.165) is 40.5 Å². The molecule has 6 rings (SSSR count). The summed E-state index contributed by atoms with van der Waals surface area (Å²) in [6.45, 7) is 4.93. The van der Waals surface area contributed by atoms with Gasteiger partial charge in [0.15, 0.2) is 5.82 Å². The highest BCUT2D eigenvalue weighted by Gasteiger charge is 2.34. The minimum absolute atomic E-state index is 0.0803. The molecule has 44 heavy (non-hydrogen) atoms. The number of fused-ring (bicyclic) bond motifs is 1. The summed E-state index contributed by atoms with van der Waals surface area (Å²) in [4.78, 5) is 30.7. The lowest BCUT2D eigenvalue weighted by Crippen LogP contribution is -2.44. The van der Waals surface area contributed by atoms with E-state index >= 15 is 0 Å². The summed E-state index contributed by atoms with van der Waals surface area (Å²) in [5.74, 6) is 0.581. The van der Waals surface area contributed by atoms with Gasteiger partial charge in [-0.1, -0.05) is 12.1 Å². The van der Waals surface area contributed by atoms with E-state index in [4.69, 9.17) is 4.74 Å². The lowest BCUT2D eigenvalue weighted by molar-refractivity contribution is -0.138. The number of hydrogen-bond donors (Lipinski definition) is 1. The van der Waals surface area contributed by atoms with Gasteiger partial charge in [-0.2, -0.15) is 18.2 Å². The number of ether oxygens (including phenoxy) is 1. The van der Waals surface area contributed by atoms with Gasteiger partial charge in [0.1, 0.15) is 10.4 Å². The first-order valence-corrected chi connectivity index (χ1v) is 14.9. The zero-order valence-electron chi connectivity index (χ0n) is 24.1. The number of rotatable bonds is 7. The van der Waals surface area contributed by atoms with Crippen molar-refractivity contribution in [1.29, 1.82) is 0 Å². The van der Waals surface area contributed by atoms with E-state index in [1.54, 1.807) is 49.6 Å². The van der Waals surface area contributed by atoms with Gasteiger partial charge >= 0.3 is 6.18 Å². The van der Waals surface area contributed by atoms with Crippen LogP contribution in [0.2, 0.25) is 0 Å². The van der Waals surface area contributed by atoms with E-state index in [2.05, 4.69) is 25.2 Å². The van der Waals surface area contributed by atoms with Crippen molar-refractivity contribution in [2.75, 3.05) is 38.5 Å². The molecule has 0 saturated carbocycles. The van der Waals surface area contributed by atoms with E-state index < -0.39 is 17.6 Å². The van der Waals surface area contributed by atoms with Crippen LogP contribution in [0.25, 0.3) is 21.6 Å². The Morgan fingerprint density at radius 2 is 1.77 bits per heavy atom. The number of likely N-dealkylation sites (N-methyl/N-ethyl adjacent to an activating group) is 1. The number of aryl methyl sites for hydroxylation is 1. The number of carbonyl (C=O) groups is 1. The summed E-state index contributed by atoms with van der Waals surface area (Å²) in [6, 6.07) is 14.4. The number of piperazine rings is 1. The Morgan fingerprint density at radius 1 is 1.00 bits per heavy atom. The standard InChI is InChI=1S/C32H29F3N6O2S/c1-20-3-6-24(43-31-28-26(9-16-44-28)37-29(39-31)21-7-10-36-11-8-21)18-27(20)38-30(42)22-4-5-23(25(17-22)32(33,34)35)19-41-14-12-40(2)13-15-41/h3-11,16-18H,12-15,19H2,1-2H3,(H,38,42). The van der Waals surface area contributed by atoms with Crippen LogP contribution in [0.15, 0.2) is 72.4 Å². The Balaban J connectivity index is 1.24. The fourth-order valence-corrected chi connectivity index (χ4v) is 5.76. The topological polar surface area (TPSA) is 83.5 Å². The van der Waals surface area contributed by atoms with Gasteiger partial charge in [0.05, 0.1) is 11.1 Å². The molecule has 1 saturated heterocycles. The second kappa shape index (κ2) is 12.3. The third-order valence-electron chi connectivity index (χ3n) is 7.55. The maximum absolute atomic E-state index is 14.1. The molecule has 226 valence electrons. The molecule has 1 aliphatic heterocycles. The van der Waals surface area contributed by atoms with Crippen LogP contribution in [0.3, 0.4) is 0 Å². The molecule has 1 aliphatic rings. The summed E-state index contributed by atoms with van der Waals surface area (Å²) >= 11 is 1.44. The number of benzene rings is 2. The second-order valence-corrected chi connectivity index (χ2v) is 11.6. The summed E-state index contributed by atoms with van der Waals surface area (Å²) in [7, 11) is 1.99. The lowest BCUT2D eigenvalue weighted by Gasteiger charge is -2.33. The molecule has 2 aromatic carbocycles. The number of amides is 1. The molecule has 1 amide bonds. The fraction of sp³-hybridized carbons (Fsp3) is 0.250. The summed E-state index contributed by atoms with van der Waals surface area (Å²) in [6.07, 6.45) is -1.28. The summed E-state index contributed by atoms with van der Waals surface area (Å²) in [5.41, 5.74) is 1.91. The highest BCUT2D eigenvalue weighted by molar-refractivity contribution is 7.17. The maximum atomic E-state index is 14.1. The number of thiophene rings is 1. The number of anilines is 1. The van der Waals surface area contributed by atoms with E-state index in [1.807, 2.05) is 23.4 Å². The molecular weight excluding hydrogens is 589 g/mol. The normalized spacial score (nSPS) is 14.6. The molecule has 12 heteroatoms. The van der Waals surface area contributed by atoms with Crippen LogP contribution in [0, 0.1) is 6.92 Å². The zero-order valence-corrected chi connectivity index (χ0v) is 24.9. The number of carbonyl (C=O) groups excluding carboxylic acids is 1. The Morgan fingerprint density at radius 3 is 2.52 bits per heavy atom. The maximum Gasteiger partial charge on any atom is 0.416 e. The van der Waals surface area contributed by atoms with E-state index in [1.165, 1.54) is 23.5 Å². The third-order valence-corrected chi connectivity index (χ3v) is 8.44. The van der Waals surface area contributed by atoms with Crippen molar-refractivity contribution in [3.8, 4) is 23.0 Å². The van der Waals surface area contributed by atoms with Crippen molar-refractivity contribution in [3.05, 3.63) is 94.6 Å². The Kier molecular flexibility index (Phi) is 8.30. The van der Waals surface area contributed by atoms with E-state index in [-0.39, 0.29) is 17.7 Å². The number of halogens is 3. The van der Waals surface area contributed by atoms with Gasteiger partial charge in [-0.3, -0.25) is 14.7 Å². The fourth-order valence-electron chi connectivity index (χ4n) is 5.01. The Hall–Kier alpha value is -4.39. The Labute approximate surface area is 256 Å². The van der Waals surface area contributed by atoms with Gasteiger partial charge in [-0.05, 0) is 66.9 Å². The molecule has 0 unspecified atom stereocenters. The molecule has 8 nitrogen and oxygen atoms in total. The number of nitrogens with zero attached hydrogens (tertiary/aromatic N) is 5. The third kappa shape index (κ3) is 6.57. The van der Waals surface area contributed by atoms with Gasteiger partial charge in [-0.25, -0.2) is 4.98 Å². The minimum atomic E-state index is -4.60. The van der Waals surface area contributed by atoms with Crippen LogP contribution in [-0.4, -0.2) is 63.9 Å². The van der Waals surface area contributed by atoms with Gasteiger partial charge < -0.3 is 15.0 Å². The average Bonchev–Trinajstić information content (AvgIpc) is 3.49. The quantitative estimate of drug-likeness (QED) is 0.213. The molecule has 0 radical (unpaired) electrons. The molecular formula is C32H29F3N6O2S. The summed E-state index contributed by atoms with van der Waals surface area (Å²) < 4.78 is 49.2. The van der Waals surface area contributed by atoms with Crippen LogP contribution in [0.5, 0.6) is 11.6 Å². The number of alkyl halides is 3. The molecule has 0 spiro atoms. The van der Waals surface area contributed by atoms with Crippen molar-refractivity contribution in [2.45, 2.75) is 19.6 Å². The number of aromatic nitrogens is 3. The predicted octanol–water partition coefficient (Wildman–Crippen LogP) is 6.87. The lowest BCUT2D eigenvalue weighted by atomic mass is 10.0. The Bertz CT molecular complexity index is 1800. The van der Waals surface area contributed by atoms with Crippen LogP contribution < -0.4 is 10.1 Å². The summed E-state index contributed by atoms with van der Waals surface area (Å²) in [5, 5.41) is 4.66. The van der Waals surface area contributed by atoms with Crippen molar-refractivity contribution < 1.29 is 22.7 Å². The SMILES string of the molecule is Cc1ccc(Oc2nc(-c3ccncc3)nc3ccsc23)cc1NC(=O)c1ccc(CN2CCN(C)CC2)c(C(F)(F)F)c1. The number of pyridine rings is 1. The van der Waals surface area contributed by atoms with Crippen LogP contribution in [0.4, 0.5) is 18.9 Å². The molecule has 3 aromatic heterocycles. The van der Waals surface area contributed by atoms with Crippen molar-refractivity contribution >= 4 is 33.1 Å². The number of hydrogen-bond acceptors (Lipinski definition) is 8. The number of nitrogens with one attached hydrogen (secondary N) is 1. The van der Waals surface area contributed by atoms with E-state index in [9.17, 15) is 18.0 Å². The van der Waals surface area contributed by atoms with Crippen LogP contribution in [-0.2, 0) is 12.7 Å². The molecule has 5 aromatic rings. The van der Waals surface area contributed by atoms with Gasteiger partial charge in [-0.15, -0.1) is 11.3 Å². The van der Waals surface area contributed by atoms with Crippen LogP contribution >= 0.6 is 11.3 Å². The van der Waals surface area contributed by atoms with Crippen LogP contribution in [0.1, 0.15) is 27.0 Å². The van der Waals surface area contributed by atoms with Gasteiger partial charge in [0, 0.05) is 68.0 Å². The zero-order chi connectivity index (χ0) is 30.8. The first-order valence-electron chi connectivity index (χ1n) is 14.0. The average molecular weight is 619 g/mol. The van der Waals surface area contributed by atoms with Crippen molar-refractivity contribution in [3.63, 3.8) is 0 Å². The first kappa shape index (κ1) is 29.7. The molecule has 1 fully saturated rings. The first-order chi connectivity index (χ1) is 21.1. The smallest absolute Gasteiger partial charge is 0.416 e. The van der Waals surface area contributed by atoms with Gasteiger partial charge in [0.2, 0.25) is 5.88 Å². The molecule has 0 bridgehead atoms. The predicted molar refractivity (Wildman–Crippen MR) is 164 cm³/mol. The second-order valence-electron chi connectivity index (χ2n) is 10.7. The minimum Gasteiger partial charge on any atom is -0.437 e. The largest absolute Gasteiger partial charge is 0.437 e. The van der Waals surface area contributed by atoms with Crippen molar-refractivity contribution in [1.82, 2.24) is 24.8 Å². The molecule has 4 heterocycles. The molecule has 1 N–H and O–H groups in total. The van der Waals surface area contributed by atoms with Gasteiger partial charge in [0.25, 0.3) is 5.91 Å². The molecule has 0 atom stereocenters.